The quantitative estimate of drug-likeness (QED) is 0.661. The van der Waals surface area contributed by atoms with E-state index in [2.05, 4.69) is 4.28 Å². The van der Waals surface area contributed by atoms with E-state index in [9.17, 15) is 18.0 Å². The summed E-state index contributed by atoms with van der Waals surface area (Å²) in [4.78, 5) is 24.7. The molecule has 0 bridgehead atoms. The molecule has 2 aliphatic rings. The summed E-state index contributed by atoms with van der Waals surface area (Å²) in [6.07, 6.45) is 2.14. The van der Waals surface area contributed by atoms with Crippen molar-refractivity contribution in [2.75, 3.05) is 6.26 Å². The summed E-state index contributed by atoms with van der Waals surface area (Å²) < 4.78 is 27.1. The van der Waals surface area contributed by atoms with E-state index in [1.165, 1.54) is 11.1 Å². The second kappa shape index (κ2) is 4.99. The third kappa shape index (κ3) is 2.33. The highest BCUT2D eigenvalue weighted by molar-refractivity contribution is 7.85. The van der Waals surface area contributed by atoms with Crippen LogP contribution >= 0.6 is 0 Å². The molecular weight excluding hydrogens is 330 g/mol. The van der Waals surface area contributed by atoms with Gasteiger partial charge in [0.2, 0.25) is 0 Å². The predicted octanol–water partition coefficient (Wildman–Crippen LogP) is 1.67. The Labute approximate surface area is 138 Å². The molecule has 4 rings (SSSR count). The summed E-state index contributed by atoms with van der Waals surface area (Å²) in [5.74, 6) is -1.50. The largest absolute Gasteiger partial charge is 0.287 e. The van der Waals surface area contributed by atoms with Gasteiger partial charge in [0, 0.05) is 0 Å². The van der Waals surface area contributed by atoms with Gasteiger partial charge < -0.3 is 0 Å². The zero-order chi connectivity index (χ0) is 17.1. The zero-order valence-electron chi connectivity index (χ0n) is 12.8. The van der Waals surface area contributed by atoms with Gasteiger partial charge in [-0.1, -0.05) is 24.3 Å². The van der Waals surface area contributed by atoms with E-state index in [0.29, 0.717) is 17.9 Å². The van der Waals surface area contributed by atoms with Gasteiger partial charge in [-0.3, -0.25) is 9.59 Å². The molecule has 24 heavy (non-hydrogen) atoms. The van der Waals surface area contributed by atoms with Crippen molar-refractivity contribution in [2.24, 2.45) is 0 Å². The molecule has 6 nitrogen and oxygen atoms in total. The molecule has 0 unspecified atom stereocenters. The lowest BCUT2D eigenvalue weighted by Gasteiger charge is -2.20. The van der Waals surface area contributed by atoms with Crippen molar-refractivity contribution in [1.82, 2.24) is 5.06 Å². The van der Waals surface area contributed by atoms with Gasteiger partial charge in [-0.15, -0.1) is 9.35 Å². The fourth-order valence-electron chi connectivity index (χ4n) is 3.20. The van der Waals surface area contributed by atoms with Crippen LogP contribution in [0.4, 0.5) is 0 Å². The molecule has 0 atom stereocenters. The van der Waals surface area contributed by atoms with Gasteiger partial charge in [-0.25, -0.2) is 0 Å². The Morgan fingerprint density at radius 2 is 1.33 bits per heavy atom. The van der Waals surface area contributed by atoms with Crippen LogP contribution in [-0.2, 0) is 27.2 Å². The predicted molar refractivity (Wildman–Crippen MR) is 84.9 cm³/mol. The molecule has 0 fully saturated rings. The number of hydrogen-bond donors (Lipinski definition) is 0. The number of imide groups is 1. The van der Waals surface area contributed by atoms with Crippen molar-refractivity contribution >= 4 is 21.9 Å². The van der Waals surface area contributed by atoms with E-state index in [-0.39, 0.29) is 11.1 Å². The molecule has 1 aliphatic carbocycles. The highest BCUT2D eigenvalue weighted by Gasteiger charge is 2.40. The Kier molecular flexibility index (Phi) is 3.13. The summed E-state index contributed by atoms with van der Waals surface area (Å²) in [6.45, 7) is 0. The molecule has 7 heteroatoms. The van der Waals surface area contributed by atoms with E-state index in [1.807, 2.05) is 24.3 Å². The summed E-state index contributed by atoms with van der Waals surface area (Å²) >= 11 is 0. The molecule has 122 valence electrons. The van der Waals surface area contributed by atoms with Crippen LogP contribution in [0.1, 0.15) is 43.0 Å². The third-order valence-electron chi connectivity index (χ3n) is 4.26. The number of benzene rings is 2. The van der Waals surface area contributed by atoms with Gasteiger partial charge in [0.25, 0.3) is 21.9 Å². The first kappa shape index (κ1) is 15.0. The van der Waals surface area contributed by atoms with Gasteiger partial charge in [-0.2, -0.15) is 8.42 Å². The highest BCUT2D eigenvalue weighted by atomic mass is 32.2. The molecule has 0 radical (unpaired) electrons. The number of amides is 2. The summed E-state index contributed by atoms with van der Waals surface area (Å²) in [5.41, 5.74) is 4.67. The maximum Gasteiger partial charge on any atom is 0.287 e. The van der Waals surface area contributed by atoms with E-state index in [1.54, 1.807) is 12.1 Å². The Balaban J connectivity index is 1.77. The topological polar surface area (TPSA) is 80.8 Å². The Morgan fingerprint density at radius 3 is 1.75 bits per heavy atom. The molecular formula is C17H13NO5S. The maximum absolute atomic E-state index is 12.3. The Hall–Kier alpha value is -2.51. The van der Waals surface area contributed by atoms with Crippen molar-refractivity contribution in [3.05, 3.63) is 69.8 Å². The lowest BCUT2D eigenvalue weighted by atomic mass is 9.84. The average molecular weight is 343 g/mol. The molecule has 0 spiro atoms. The number of hydrogen-bond acceptors (Lipinski definition) is 5. The average Bonchev–Trinajstić information content (AvgIpc) is 2.74. The first-order chi connectivity index (χ1) is 11.3. The van der Waals surface area contributed by atoms with Crippen LogP contribution in [0.15, 0.2) is 36.4 Å². The van der Waals surface area contributed by atoms with Gasteiger partial charge in [0.1, 0.15) is 0 Å². The lowest BCUT2D eigenvalue weighted by molar-refractivity contribution is -0.00980. The number of carbonyl (C=O) groups is 2. The van der Waals surface area contributed by atoms with Crippen LogP contribution in [0.5, 0.6) is 0 Å². The number of rotatable bonds is 2. The van der Waals surface area contributed by atoms with Crippen LogP contribution in [0.3, 0.4) is 0 Å². The van der Waals surface area contributed by atoms with Crippen molar-refractivity contribution in [3.63, 3.8) is 0 Å². The normalized spacial score (nSPS) is 16.0. The minimum atomic E-state index is -3.97. The molecule has 2 aromatic rings. The van der Waals surface area contributed by atoms with Crippen LogP contribution in [0.2, 0.25) is 0 Å². The first-order valence-corrected chi connectivity index (χ1v) is 9.16. The molecule has 2 amide bonds. The highest BCUT2D eigenvalue weighted by Crippen LogP contribution is 2.33. The summed E-state index contributed by atoms with van der Waals surface area (Å²) in [7, 11) is -3.97. The number of nitrogens with zero attached hydrogens (tertiary/aromatic N) is 1. The fraction of sp³-hybridized carbons (Fsp3) is 0.176. The van der Waals surface area contributed by atoms with Gasteiger partial charge in [-0.05, 0) is 47.2 Å². The fourth-order valence-corrected chi connectivity index (χ4v) is 3.61. The number of hydroxylamine groups is 2. The van der Waals surface area contributed by atoms with Crippen molar-refractivity contribution in [1.29, 1.82) is 0 Å². The van der Waals surface area contributed by atoms with Crippen molar-refractivity contribution < 1.29 is 22.3 Å². The van der Waals surface area contributed by atoms with E-state index < -0.39 is 21.9 Å². The molecule has 1 heterocycles. The molecule has 0 saturated carbocycles. The van der Waals surface area contributed by atoms with Crippen LogP contribution < -0.4 is 0 Å². The van der Waals surface area contributed by atoms with Gasteiger partial charge in [0.05, 0.1) is 17.4 Å². The monoisotopic (exact) mass is 343 g/mol. The molecule has 0 N–H and O–H groups in total. The molecule has 2 aromatic carbocycles. The lowest BCUT2D eigenvalue weighted by Crippen LogP contribution is -2.32. The van der Waals surface area contributed by atoms with Crippen molar-refractivity contribution in [2.45, 2.75) is 12.8 Å². The van der Waals surface area contributed by atoms with Crippen LogP contribution in [0, 0.1) is 0 Å². The Morgan fingerprint density at radius 1 is 0.875 bits per heavy atom. The first-order valence-electron chi connectivity index (χ1n) is 7.34. The Bertz CT molecular complexity index is 946. The smallest absolute Gasteiger partial charge is 0.266 e. The molecule has 1 aliphatic heterocycles. The number of carbonyl (C=O) groups excluding carboxylic acids is 2. The van der Waals surface area contributed by atoms with Crippen LogP contribution in [-0.4, -0.2) is 31.6 Å². The maximum atomic E-state index is 12.3. The van der Waals surface area contributed by atoms with E-state index >= 15 is 0 Å². The van der Waals surface area contributed by atoms with E-state index in [0.717, 1.165) is 17.4 Å². The SMILES string of the molecule is CS(=O)(=O)ON1C(=O)c2cc3c(cc2C1=O)Cc1ccccc1C3. The van der Waals surface area contributed by atoms with Gasteiger partial charge >= 0.3 is 0 Å². The minimum Gasteiger partial charge on any atom is -0.266 e. The molecule has 0 saturated heterocycles. The standard InChI is InChI=1S/C17H13NO5S/c1-24(21,22)23-18-16(19)14-8-12-6-10-4-2-3-5-11(10)7-13(12)9-15(14)17(18)20/h2-5,8-9H,6-7H2,1H3. The van der Waals surface area contributed by atoms with Crippen molar-refractivity contribution in [3.8, 4) is 0 Å². The zero-order valence-corrected chi connectivity index (χ0v) is 13.6. The number of fused-ring (bicyclic) bond motifs is 3. The minimum absolute atomic E-state index is 0.182. The molecule has 0 aromatic heterocycles. The second-order valence-electron chi connectivity index (χ2n) is 5.97. The summed E-state index contributed by atoms with van der Waals surface area (Å²) in [5, 5.41) is 0.318. The van der Waals surface area contributed by atoms with Crippen LogP contribution in [0.25, 0.3) is 0 Å². The third-order valence-corrected chi connectivity index (χ3v) is 4.68. The summed E-state index contributed by atoms with van der Waals surface area (Å²) in [6, 6.07) is 11.4. The second-order valence-corrected chi connectivity index (χ2v) is 7.53. The van der Waals surface area contributed by atoms with Gasteiger partial charge in [0.15, 0.2) is 0 Å². The van der Waals surface area contributed by atoms with E-state index in [4.69, 9.17) is 0 Å².